The van der Waals surface area contributed by atoms with Crippen LogP contribution in [-0.4, -0.2) is 95.6 Å². The van der Waals surface area contributed by atoms with Crippen molar-refractivity contribution in [2.45, 2.75) is 44.6 Å². The molecule has 2 saturated heterocycles. The van der Waals surface area contributed by atoms with Crippen molar-refractivity contribution in [1.29, 1.82) is 0 Å². The Hall–Kier alpha value is -3.50. The summed E-state index contributed by atoms with van der Waals surface area (Å²) in [5.74, 6) is 0.750. The molecule has 10 nitrogen and oxygen atoms in total. The number of ether oxygens (including phenoxy) is 2. The molecule has 2 aromatic carbocycles. The second kappa shape index (κ2) is 15.1. The topological polar surface area (TPSA) is 98.4 Å². The molecule has 0 spiro atoms. The number of para-hydroxylation sites is 2. The monoisotopic (exact) mass is 578 g/mol. The number of carbonyl (C=O) groups is 2. The maximum Gasteiger partial charge on any atom is 0.319 e. The second-order valence-corrected chi connectivity index (χ2v) is 11.4. The molecule has 0 aromatic heterocycles. The molecule has 2 aromatic rings. The van der Waals surface area contributed by atoms with E-state index in [1.807, 2.05) is 36.4 Å². The van der Waals surface area contributed by atoms with Gasteiger partial charge in [0.05, 0.1) is 31.6 Å². The van der Waals surface area contributed by atoms with E-state index >= 15 is 0 Å². The van der Waals surface area contributed by atoms with Gasteiger partial charge in [0.2, 0.25) is 0 Å². The third-order valence-electron chi connectivity index (χ3n) is 8.53. The maximum atomic E-state index is 13.6. The molecule has 3 amide bonds. The van der Waals surface area contributed by atoms with Crippen molar-refractivity contribution in [3.63, 3.8) is 0 Å². The van der Waals surface area contributed by atoms with Crippen molar-refractivity contribution in [2.75, 3.05) is 87.8 Å². The van der Waals surface area contributed by atoms with Gasteiger partial charge in [0, 0.05) is 63.2 Å². The largest absolute Gasteiger partial charge is 0.495 e. The standard InChI is InChI=1S/C32H46N6O4/c1-41-30-11-6-5-10-29(30)38-18-16-37(17-19-38)28-13-12-26(35-32(40)34-25-8-3-2-4-9-25)24-27(28)31(39)33-14-7-15-36-20-22-42-23-21-36/h5-6,10-13,24-25H,2-4,7-9,14-23H2,1H3,(H,33,39)(H2,34,35,40). The van der Waals surface area contributed by atoms with E-state index < -0.39 is 0 Å². The molecule has 0 atom stereocenters. The summed E-state index contributed by atoms with van der Waals surface area (Å²) in [5.41, 5.74) is 3.18. The molecule has 228 valence electrons. The summed E-state index contributed by atoms with van der Waals surface area (Å²) in [6, 6.07) is 13.8. The Labute approximate surface area is 249 Å². The zero-order valence-corrected chi connectivity index (χ0v) is 24.9. The molecule has 3 aliphatic rings. The van der Waals surface area contributed by atoms with Crippen LogP contribution in [0.1, 0.15) is 48.9 Å². The van der Waals surface area contributed by atoms with E-state index in [1.165, 1.54) is 6.42 Å². The van der Waals surface area contributed by atoms with Gasteiger partial charge in [-0.1, -0.05) is 31.4 Å². The first-order chi connectivity index (χ1) is 20.6. The van der Waals surface area contributed by atoms with E-state index in [-0.39, 0.29) is 18.0 Å². The van der Waals surface area contributed by atoms with Crippen LogP contribution in [0.5, 0.6) is 5.75 Å². The number of nitrogens with zero attached hydrogens (tertiary/aromatic N) is 3. The lowest BCUT2D eigenvalue weighted by Gasteiger charge is -2.38. The number of hydrogen-bond acceptors (Lipinski definition) is 7. The van der Waals surface area contributed by atoms with Crippen LogP contribution in [0, 0.1) is 0 Å². The fourth-order valence-electron chi connectivity index (χ4n) is 6.17. The van der Waals surface area contributed by atoms with E-state index in [0.29, 0.717) is 17.8 Å². The minimum Gasteiger partial charge on any atom is -0.495 e. The van der Waals surface area contributed by atoms with Gasteiger partial charge < -0.3 is 35.2 Å². The SMILES string of the molecule is COc1ccccc1N1CCN(c2ccc(NC(=O)NC3CCCCC3)cc2C(=O)NCCCN2CCOCC2)CC1. The molecule has 3 N–H and O–H groups in total. The van der Waals surface area contributed by atoms with Gasteiger partial charge in [-0.3, -0.25) is 9.69 Å². The lowest BCUT2D eigenvalue weighted by atomic mass is 9.96. The van der Waals surface area contributed by atoms with E-state index in [2.05, 4.69) is 36.7 Å². The molecular formula is C32H46N6O4. The highest BCUT2D eigenvalue weighted by molar-refractivity contribution is 6.02. The molecule has 2 aliphatic heterocycles. The molecule has 42 heavy (non-hydrogen) atoms. The number of piperazine rings is 1. The van der Waals surface area contributed by atoms with Crippen molar-refractivity contribution in [3.05, 3.63) is 48.0 Å². The van der Waals surface area contributed by atoms with Crippen LogP contribution < -0.4 is 30.5 Å². The third kappa shape index (κ3) is 8.07. The number of rotatable bonds is 10. The fraction of sp³-hybridized carbons (Fsp3) is 0.562. The Bertz CT molecular complexity index is 1170. The Morgan fingerprint density at radius 1 is 0.905 bits per heavy atom. The predicted molar refractivity (Wildman–Crippen MR) is 167 cm³/mol. The van der Waals surface area contributed by atoms with E-state index in [1.54, 1.807) is 7.11 Å². The maximum absolute atomic E-state index is 13.6. The van der Waals surface area contributed by atoms with Crippen LogP contribution in [0.25, 0.3) is 0 Å². The predicted octanol–water partition coefficient (Wildman–Crippen LogP) is 3.93. The molecule has 5 rings (SSSR count). The Kier molecular flexibility index (Phi) is 10.8. The number of methoxy groups -OCH3 is 1. The molecular weight excluding hydrogens is 532 g/mol. The van der Waals surface area contributed by atoms with Gasteiger partial charge in [-0.15, -0.1) is 0 Å². The lowest BCUT2D eigenvalue weighted by molar-refractivity contribution is 0.0374. The smallest absolute Gasteiger partial charge is 0.319 e. The van der Waals surface area contributed by atoms with Crippen molar-refractivity contribution < 1.29 is 19.1 Å². The number of anilines is 3. The Morgan fingerprint density at radius 3 is 2.36 bits per heavy atom. The molecule has 1 saturated carbocycles. The number of amides is 3. The first-order valence-corrected chi connectivity index (χ1v) is 15.5. The minimum absolute atomic E-state index is 0.115. The molecule has 2 heterocycles. The molecule has 1 aliphatic carbocycles. The zero-order valence-electron chi connectivity index (χ0n) is 24.9. The highest BCUT2D eigenvalue weighted by Crippen LogP contribution is 2.31. The van der Waals surface area contributed by atoms with Crippen LogP contribution in [0.15, 0.2) is 42.5 Å². The number of hydrogen-bond donors (Lipinski definition) is 3. The minimum atomic E-state index is -0.211. The van der Waals surface area contributed by atoms with Crippen LogP contribution in [-0.2, 0) is 4.74 Å². The van der Waals surface area contributed by atoms with Gasteiger partial charge in [0.1, 0.15) is 5.75 Å². The lowest BCUT2D eigenvalue weighted by Crippen LogP contribution is -2.47. The van der Waals surface area contributed by atoms with Crippen molar-refractivity contribution in [2.24, 2.45) is 0 Å². The fourth-order valence-corrected chi connectivity index (χ4v) is 6.17. The molecule has 3 fully saturated rings. The van der Waals surface area contributed by atoms with Crippen LogP contribution >= 0.6 is 0 Å². The van der Waals surface area contributed by atoms with Crippen molar-refractivity contribution in [3.8, 4) is 5.75 Å². The number of urea groups is 1. The van der Waals surface area contributed by atoms with E-state index in [4.69, 9.17) is 9.47 Å². The summed E-state index contributed by atoms with van der Waals surface area (Å²) >= 11 is 0. The Balaban J connectivity index is 1.25. The van der Waals surface area contributed by atoms with Gasteiger partial charge >= 0.3 is 6.03 Å². The summed E-state index contributed by atoms with van der Waals surface area (Å²) < 4.78 is 11.0. The van der Waals surface area contributed by atoms with Crippen molar-refractivity contribution >= 4 is 29.0 Å². The first kappa shape index (κ1) is 30.0. The van der Waals surface area contributed by atoms with E-state index in [9.17, 15) is 9.59 Å². The van der Waals surface area contributed by atoms with Crippen LogP contribution in [0.3, 0.4) is 0 Å². The van der Waals surface area contributed by atoms with Crippen LogP contribution in [0.2, 0.25) is 0 Å². The van der Waals surface area contributed by atoms with Crippen molar-refractivity contribution in [1.82, 2.24) is 15.5 Å². The average Bonchev–Trinajstić information content (AvgIpc) is 3.04. The summed E-state index contributed by atoms with van der Waals surface area (Å²) in [7, 11) is 1.70. The molecule has 0 radical (unpaired) electrons. The number of benzene rings is 2. The summed E-state index contributed by atoms with van der Waals surface area (Å²) in [4.78, 5) is 33.3. The number of nitrogens with one attached hydrogen (secondary N) is 3. The van der Waals surface area contributed by atoms with E-state index in [0.717, 1.165) is 108 Å². The highest BCUT2D eigenvalue weighted by Gasteiger charge is 2.24. The van der Waals surface area contributed by atoms with Gasteiger partial charge in [0.15, 0.2) is 0 Å². The molecule has 0 bridgehead atoms. The second-order valence-electron chi connectivity index (χ2n) is 11.4. The van der Waals surface area contributed by atoms with Gasteiger partial charge in [0.25, 0.3) is 5.91 Å². The summed E-state index contributed by atoms with van der Waals surface area (Å²) in [6.07, 6.45) is 6.45. The normalized spacial score (nSPS) is 18.4. The number of morpholine rings is 1. The molecule has 0 unspecified atom stereocenters. The number of carbonyl (C=O) groups excluding carboxylic acids is 2. The van der Waals surface area contributed by atoms with Crippen LogP contribution in [0.4, 0.5) is 21.9 Å². The van der Waals surface area contributed by atoms with Gasteiger partial charge in [-0.2, -0.15) is 0 Å². The quantitative estimate of drug-likeness (QED) is 0.368. The summed E-state index contributed by atoms with van der Waals surface area (Å²) in [5, 5.41) is 9.22. The first-order valence-electron chi connectivity index (χ1n) is 15.5. The molecule has 10 heteroatoms. The average molecular weight is 579 g/mol. The van der Waals surface area contributed by atoms with Gasteiger partial charge in [-0.05, 0) is 56.1 Å². The zero-order chi connectivity index (χ0) is 29.1. The highest BCUT2D eigenvalue weighted by atomic mass is 16.5. The van der Waals surface area contributed by atoms with Gasteiger partial charge in [-0.25, -0.2) is 4.79 Å². The summed E-state index contributed by atoms with van der Waals surface area (Å²) in [6.45, 7) is 8.11. The third-order valence-corrected chi connectivity index (χ3v) is 8.53. The Morgan fingerprint density at radius 2 is 1.62 bits per heavy atom.